The summed E-state index contributed by atoms with van der Waals surface area (Å²) in [6.45, 7) is 2.56. The number of aliphatic hydroxyl groups excluding tert-OH is 1. The van der Waals surface area contributed by atoms with Gasteiger partial charge >= 0.3 is 0 Å². The molecule has 43 heavy (non-hydrogen) atoms. The highest BCUT2D eigenvalue weighted by Gasteiger charge is 2.47. The predicted molar refractivity (Wildman–Crippen MR) is 166 cm³/mol. The number of ether oxygens (including phenoxy) is 5. The van der Waals surface area contributed by atoms with E-state index in [0.717, 1.165) is 41.5 Å². The van der Waals surface area contributed by atoms with Crippen LogP contribution in [0.15, 0.2) is 91.1 Å². The van der Waals surface area contributed by atoms with Crippen LogP contribution in [-0.4, -0.2) is 67.2 Å². The average Bonchev–Trinajstić information content (AvgIpc) is 3.46. The van der Waals surface area contributed by atoms with E-state index in [-0.39, 0.29) is 6.61 Å². The van der Waals surface area contributed by atoms with Crippen molar-refractivity contribution in [1.29, 1.82) is 0 Å². The molecule has 1 aliphatic rings. The highest BCUT2D eigenvalue weighted by atomic mass is 16.7. The summed E-state index contributed by atoms with van der Waals surface area (Å²) in [5.41, 5.74) is 9.89. The van der Waals surface area contributed by atoms with Crippen LogP contribution in [0.5, 0.6) is 0 Å². The molecular weight excluding hydrogens is 544 g/mol. The van der Waals surface area contributed by atoms with Crippen molar-refractivity contribution < 1.29 is 28.8 Å². The van der Waals surface area contributed by atoms with Crippen molar-refractivity contribution in [3.05, 3.63) is 108 Å². The van der Waals surface area contributed by atoms with Crippen molar-refractivity contribution in [2.75, 3.05) is 26.4 Å². The van der Waals surface area contributed by atoms with Gasteiger partial charge in [0.2, 0.25) is 0 Å². The molecule has 4 N–H and O–H groups in total. The van der Waals surface area contributed by atoms with E-state index >= 15 is 0 Å². The molecule has 0 bridgehead atoms. The minimum atomic E-state index is -0.995. The Morgan fingerprint density at radius 3 is 2.14 bits per heavy atom. The molecule has 0 saturated carbocycles. The summed E-state index contributed by atoms with van der Waals surface area (Å²) in [5, 5.41) is 12.9. The summed E-state index contributed by atoms with van der Waals surface area (Å²) in [5.74, 6) is 0. The second kappa shape index (κ2) is 16.7. The van der Waals surface area contributed by atoms with Gasteiger partial charge in [-0.3, -0.25) is 0 Å². The molecule has 1 fully saturated rings. The molecule has 0 spiro atoms. The lowest BCUT2D eigenvalue weighted by atomic mass is 9.98. The van der Waals surface area contributed by atoms with Crippen molar-refractivity contribution >= 4 is 10.9 Å². The van der Waals surface area contributed by atoms with E-state index in [1.54, 1.807) is 0 Å². The molecule has 3 aromatic carbocycles. The Morgan fingerprint density at radius 1 is 0.744 bits per heavy atom. The summed E-state index contributed by atoms with van der Waals surface area (Å²) >= 11 is 0. The minimum Gasteiger partial charge on any atom is -0.387 e. The van der Waals surface area contributed by atoms with E-state index in [1.807, 2.05) is 79.0 Å². The Morgan fingerprint density at radius 2 is 1.42 bits per heavy atom. The van der Waals surface area contributed by atoms with Crippen LogP contribution in [0.4, 0.5) is 0 Å². The molecule has 0 radical (unpaired) electrons. The van der Waals surface area contributed by atoms with Gasteiger partial charge in [0.25, 0.3) is 0 Å². The van der Waals surface area contributed by atoms with Gasteiger partial charge in [-0.05, 0) is 55.0 Å². The Balaban J connectivity index is 1.29. The fourth-order valence-electron chi connectivity index (χ4n) is 5.43. The van der Waals surface area contributed by atoms with E-state index in [0.29, 0.717) is 39.4 Å². The van der Waals surface area contributed by atoms with Crippen molar-refractivity contribution in [2.45, 2.75) is 69.6 Å². The van der Waals surface area contributed by atoms with Crippen LogP contribution < -0.4 is 5.73 Å². The number of aromatic nitrogens is 1. The number of hydrogen-bond acceptors (Lipinski definition) is 7. The van der Waals surface area contributed by atoms with Gasteiger partial charge in [0, 0.05) is 23.7 Å². The molecule has 5 atom stereocenters. The third-order valence-corrected chi connectivity index (χ3v) is 7.79. The molecule has 4 aromatic rings. The second-order valence-electron chi connectivity index (χ2n) is 11.0. The lowest BCUT2D eigenvalue weighted by molar-refractivity contribution is -0.320. The molecule has 230 valence electrons. The van der Waals surface area contributed by atoms with Crippen LogP contribution in [0.2, 0.25) is 0 Å². The number of fused-ring (bicyclic) bond motifs is 1. The van der Waals surface area contributed by atoms with Gasteiger partial charge in [-0.25, -0.2) is 0 Å². The molecule has 2 heterocycles. The van der Waals surface area contributed by atoms with Crippen LogP contribution in [0.25, 0.3) is 10.9 Å². The quantitative estimate of drug-likeness (QED) is 0.147. The summed E-state index contributed by atoms with van der Waals surface area (Å²) in [7, 11) is 0. The number of H-pyrrole nitrogens is 1. The Hall–Kier alpha value is -3.08. The fraction of sp³-hybridized carbons (Fsp3) is 0.429. The van der Waals surface area contributed by atoms with Gasteiger partial charge < -0.3 is 39.5 Å². The van der Waals surface area contributed by atoms with Gasteiger partial charge in [0.1, 0.15) is 24.4 Å². The zero-order valence-electron chi connectivity index (χ0n) is 24.7. The first-order valence-electron chi connectivity index (χ1n) is 15.3. The van der Waals surface area contributed by atoms with E-state index in [1.165, 1.54) is 5.39 Å². The lowest BCUT2D eigenvalue weighted by Crippen LogP contribution is -2.61. The molecular formula is C35H44N2O6. The first-order chi connectivity index (χ1) is 21.2. The summed E-state index contributed by atoms with van der Waals surface area (Å²) in [6, 6.07) is 28.0. The third-order valence-electron chi connectivity index (χ3n) is 7.79. The maximum Gasteiger partial charge on any atom is 0.186 e. The highest BCUT2D eigenvalue weighted by Crippen LogP contribution is 2.29. The van der Waals surface area contributed by atoms with Crippen molar-refractivity contribution in [3.63, 3.8) is 0 Å². The summed E-state index contributed by atoms with van der Waals surface area (Å²) < 4.78 is 31.5. The van der Waals surface area contributed by atoms with Crippen molar-refractivity contribution in [2.24, 2.45) is 5.73 Å². The lowest BCUT2D eigenvalue weighted by Gasteiger charge is -2.44. The van der Waals surface area contributed by atoms with E-state index < -0.39 is 30.7 Å². The topological polar surface area (TPSA) is 108 Å². The number of unbranched alkanes of at least 4 members (excludes halogenated alkanes) is 2. The van der Waals surface area contributed by atoms with Gasteiger partial charge in [0.15, 0.2) is 6.29 Å². The molecule has 1 aromatic heterocycles. The number of nitrogens with one attached hydrogen (secondary N) is 1. The molecule has 1 aliphatic heterocycles. The van der Waals surface area contributed by atoms with Crippen LogP contribution in [0.3, 0.4) is 0 Å². The molecule has 1 saturated heterocycles. The molecule has 5 unspecified atom stereocenters. The summed E-state index contributed by atoms with van der Waals surface area (Å²) in [4.78, 5) is 3.32. The van der Waals surface area contributed by atoms with Gasteiger partial charge in [0.05, 0.1) is 26.4 Å². The van der Waals surface area contributed by atoms with Crippen molar-refractivity contribution in [1.82, 2.24) is 4.98 Å². The number of benzene rings is 3. The first-order valence-corrected chi connectivity index (χ1v) is 15.3. The molecule has 5 rings (SSSR count). The van der Waals surface area contributed by atoms with Gasteiger partial charge in [-0.15, -0.1) is 0 Å². The maximum absolute atomic E-state index is 11.7. The Kier molecular flexibility index (Phi) is 12.2. The van der Waals surface area contributed by atoms with E-state index in [4.69, 9.17) is 29.4 Å². The number of para-hydroxylation sites is 1. The zero-order chi connectivity index (χ0) is 29.7. The Bertz CT molecular complexity index is 1330. The SMILES string of the molecule is NCCCCCOCC1OC(OCCc2c[nH]c3ccccc23)C(OCc2ccccc2)C(O)C1OCc1ccccc1. The largest absolute Gasteiger partial charge is 0.387 e. The van der Waals surface area contributed by atoms with Crippen LogP contribution in [-0.2, 0) is 43.3 Å². The van der Waals surface area contributed by atoms with Gasteiger partial charge in [-0.1, -0.05) is 78.9 Å². The highest BCUT2D eigenvalue weighted by molar-refractivity contribution is 5.83. The van der Waals surface area contributed by atoms with E-state index in [9.17, 15) is 5.11 Å². The predicted octanol–water partition coefficient (Wildman–Crippen LogP) is 5.13. The third kappa shape index (κ3) is 8.97. The number of hydrogen-bond donors (Lipinski definition) is 3. The zero-order valence-corrected chi connectivity index (χ0v) is 24.7. The van der Waals surface area contributed by atoms with Crippen LogP contribution >= 0.6 is 0 Å². The maximum atomic E-state index is 11.7. The Labute approximate surface area is 254 Å². The van der Waals surface area contributed by atoms with E-state index in [2.05, 4.69) is 17.1 Å². The van der Waals surface area contributed by atoms with Crippen molar-refractivity contribution in [3.8, 4) is 0 Å². The fourth-order valence-corrected chi connectivity index (χ4v) is 5.43. The minimum absolute atomic E-state index is 0.271. The smallest absolute Gasteiger partial charge is 0.186 e. The molecule has 8 heteroatoms. The normalized spacial score (nSPS) is 22.2. The van der Waals surface area contributed by atoms with Gasteiger partial charge in [-0.2, -0.15) is 0 Å². The first kappa shape index (κ1) is 31.3. The standard InChI is InChI=1S/C35H44N2O6/c36-19-10-3-11-20-39-25-31-33(41-23-26-12-4-1-5-13-26)32(38)34(42-24-27-14-6-2-7-15-27)35(43-31)40-21-18-28-22-37-30-17-9-8-16-29(28)30/h1-2,4-9,12-17,22,31-35,37-38H,3,10-11,18-21,23-25,36H2. The molecule has 0 aliphatic carbocycles. The van der Waals surface area contributed by atoms with Crippen LogP contribution in [0.1, 0.15) is 36.0 Å². The monoisotopic (exact) mass is 588 g/mol. The molecule has 8 nitrogen and oxygen atoms in total. The number of aromatic amines is 1. The second-order valence-corrected chi connectivity index (χ2v) is 11.0. The summed E-state index contributed by atoms with van der Waals surface area (Å²) in [6.07, 6.45) is 1.83. The number of rotatable bonds is 17. The molecule has 0 amide bonds. The van der Waals surface area contributed by atoms with Crippen LogP contribution in [0, 0.1) is 0 Å². The number of aliphatic hydroxyl groups is 1. The average molecular weight is 589 g/mol. The number of nitrogens with two attached hydrogens (primary N) is 1.